The molecule has 0 aromatic carbocycles. The molecule has 2 saturated carbocycles. The summed E-state index contributed by atoms with van der Waals surface area (Å²) < 4.78 is 16.8. The van der Waals surface area contributed by atoms with Crippen molar-refractivity contribution in [1.29, 1.82) is 0 Å². The van der Waals surface area contributed by atoms with Crippen LogP contribution in [0.1, 0.15) is 60.3 Å². The molecule has 0 radical (unpaired) electrons. The lowest BCUT2D eigenvalue weighted by atomic mass is 9.78. The van der Waals surface area contributed by atoms with Gasteiger partial charge in [-0.2, -0.15) is 0 Å². The Morgan fingerprint density at radius 2 is 1.96 bits per heavy atom. The molecule has 3 rings (SSSR count). The van der Waals surface area contributed by atoms with E-state index in [1.54, 1.807) is 0 Å². The van der Waals surface area contributed by atoms with Crippen molar-refractivity contribution < 1.29 is 28.6 Å². The number of carbonyl (C=O) groups is 3. The Bertz CT molecular complexity index is 610. The first-order valence-corrected chi connectivity index (χ1v) is 10.3. The van der Waals surface area contributed by atoms with Crippen molar-refractivity contribution in [3.8, 4) is 0 Å². The summed E-state index contributed by atoms with van der Waals surface area (Å²) in [6, 6.07) is 0. The first kappa shape index (κ1) is 20.2. The van der Waals surface area contributed by atoms with Gasteiger partial charge in [-0.3, -0.25) is 14.4 Å². The second kappa shape index (κ2) is 7.44. The molecule has 1 saturated heterocycles. The van der Waals surface area contributed by atoms with E-state index in [1.165, 1.54) is 0 Å². The molecule has 0 N–H and O–H groups in total. The fourth-order valence-electron chi connectivity index (χ4n) is 5.27. The van der Waals surface area contributed by atoms with Gasteiger partial charge < -0.3 is 14.2 Å². The van der Waals surface area contributed by atoms with Gasteiger partial charge in [0.2, 0.25) is 0 Å². The fourth-order valence-corrected chi connectivity index (χ4v) is 5.27. The topological polar surface area (TPSA) is 78.9 Å². The summed E-state index contributed by atoms with van der Waals surface area (Å²) in [5, 5.41) is 0. The van der Waals surface area contributed by atoms with Crippen LogP contribution in [0.15, 0.2) is 0 Å². The molecule has 2 aliphatic carbocycles. The lowest BCUT2D eigenvalue weighted by Crippen LogP contribution is -2.45. The molecular formula is C21H32O6. The quantitative estimate of drug-likeness (QED) is 0.366. The molecule has 6 unspecified atom stereocenters. The van der Waals surface area contributed by atoms with E-state index in [0.717, 1.165) is 12.8 Å². The Labute approximate surface area is 161 Å². The van der Waals surface area contributed by atoms with E-state index in [2.05, 4.69) is 13.8 Å². The Morgan fingerprint density at radius 3 is 2.59 bits per heavy atom. The third-order valence-electron chi connectivity index (χ3n) is 6.27. The molecule has 3 fully saturated rings. The maximum atomic E-state index is 12.8. The van der Waals surface area contributed by atoms with Gasteiger partial charge in [-0.05, 0) is 39.0 Å². The largest absolute Gasteiger partial charge is 0.465 e. The Morgan fingerprint density at radius 1 is 1.26 bits per heavy atom. The second-order valence-corrected chi connectivity index (χ2v) is 9.39. The summed E-state index contributed by atoms with van der Waals surface area (Å²) in [7, 11) is 0. The number of esters is 3. The van der Waals surface area contributed by atoms with Gasteiger partial charge in [-0.15, -0.1) is 0 Å². The zero-order valence-corrected chi connectivity index (χ0v) is 17.0. The molecule has 27 heavy (non-hydrogen) atoms. The Hall–Kier alpha value is -1.59. The van der Waals surface area contributed by atoms with Crippen LogP contribution in [0.2, 0.25) is 0 Å². The van der Waals surface area contributed by atoms with Gasteiger partial charge in [0.05, 0.1) is 23.9 Å². The van der Waals surface area contributed by atoms with Gasteiger partial charge in [-0.25, -0.2) is 0 Å². The summed E-state index contributed by atoms with van der Waals surface area (Å²) in [6.45, 7) is 10.3. The van der Waals surface area contributed by atoms with Crippen LogP contribution in [0.3, 0.4) is 0 Å². The summed E-state index contributed by atoms with van der Waals surface area (Å²) in [5.41, 5.74) is -0.616. The van der Waals surface area contributed by atoms with E-state index in [1.807, 2.05) is 20.8 Å². The number of unbranched alkanes of at least 4 members (excludes halogenated alkanes) is 1. The third-order valence-corrected chi connectivity index (χ3v) is 6.27. The number of hydrogen-bond donors (Lipinski definition) is 0. The zero-order valence-electron chi connectivity index (χ0n) is 17.0. The van der Waals surface area contributed by atoms with Gasteiger partial charge in [-0.1, -0.05) is 27.2 Å². The number of hydrogen-bond acceptors (Lipinski definition) is 6. The van der Waals surface area contributed by atoms with Crippen molar-refractivity contribution in [2.45, 2.75) is 72.5 Å². The second-order valence-electron chi connectivity index (χ2n) is 9.39. The predicted molar refractivity (Wildman–Crippen MR) is 97.4 cm³/mol. The van der Waals surface area contributed by atoms with E-state index in [9.17, 15) is 14.4 Å². The van der Waals surface area contributed by atoms with Crippen LogP contribution in [0.5, 0.6) is 0 Å². The number of carbonyl (C=O) groups excluding carboxylic acids is 3. The minimum absolute atomic E-state index is 0.0442. The average Bonchev–Trinajstić information content (AvgIpc) is 3.17. The standard InChI is InChI=1S/C21H32O6/c1-6-7-8-25-18(22)14-12-9-13-15(14)19(23)26-16(13)17(12)27-20(24)21(4,5)10-11(2)3/h11-17H,6-10H2,1-5H3. The van der Waals surface area contributed by atoms with Crippen molar-refractivity contribution in [2.24, 2.45) is 35.0 Å². The summed E-state index contributed by atoms with van der Waals surface area (Å²) in [5.74, 6) is -1.84. The van der Waals surface area contributed by atoms with Crippen LogP contribution in [0, 0.1) is 35.0 Å². The zero-order chi connectivity index (χ0) is 19.9. The molecule has 1 heterocycles. The minimum atomic E-state index is -0.616. The molecule has 6 atom stereocenters. The molecule has 6 nitrogen and oxygen atoms in total. The highest BCUT2D eigenvalue weighted by molar-refractivity contribution is 5.86. The Balaban J connectivity index is 1.73. The molecule has 152 valence electrons. The van der Waals surface area contributed by atoms with E-state index >= 15 is 0 Å². The van der Waals surface area contributed by atoms with E-state index < -0.39 is 29.5 Å². The van der Waals surface area contributed by atoms with Crippen LogP contribution in [-0.2, 0) is 28.6 Å². The average molecular weight is 380 g/mol. The molecular weight excluding hydrogens is 348 g/mol. The molecule has 6 heteroatoms. The molecule has 0 aromatic rings. The first-order chi connectivity index (χ1) is 12.7. The van der Waals surface area contributed by atoms with Crippen molar-refractivity contribution in [2.75, 3.05) is 6.61 Å². The maximum Gasteiger partial charge on any atom is 0.311 e. The maximum absolute atomic E-state index is 12.8. The van der Waals surface area contributed by atoms with Crippen molar-refractivity contribution in [1.82, 2.24) is 0 Å². The van der Waals surface area contributed by atoms with Crippen molar-refractivity contribution in [3.05, 3.63) is 0 Å². The van der Waals surface area contributed by atoms with Gasteiger partial charge in [0, 0.05) is 11.8 Å². The third kappa shape index (κ3) is 3.59. The van der Waals surface area contributed by atoms with Crippen LogP contribution >= 0.6 is 0 Å². The number of rotatable bonds is 8. The minimum Gasteiger partial charge on any atom is -0.465 e. The smallest absolute Gasteiger partial charge is 0.311 e. The lowest BCUT2D eigenvalue weighted by molar-refractivity contribution is -0.174. The number of ether oxygens (including phenoxy) is 3. The highest BCUT2D eigenvalue weighted by Crippen LogP contribution is 2.59. The van der Waals surface area contributed by atoms with Crippen LogP contribution in [-0.4, -0.2) is 36.7 Å². The van der Waals surface area contributed by atoms with Crippen LogP contribution in [0.25, 0.3) is 0 Å². The molecule has 3 aliphatic rings. The fraction of sp³-hybridized carbons (Fsp3) is 0.857. The predicted octanol–water partition coefficient (Wildman–Crippen LogP) is 3.12. The summed E-state index contributed by atoms with van der Waals surface area (Å²) >= 11 is 0. The van der Waals surface area contributed by atoms with Crippen LogP contribution < -0.4 is 0 Å². The lowest BCUT2D eigenvalue weighted by Gasteiger charge is -2.33. The van der Waals surface area contributed by atoms with E-state index in [-0.39, 0.29) is 29.7 Å². The summed E-state index contributed by atoms with van der Waals surface area (Å²) in [4.78, 5) is 37.8. The monoisotopic (exact) mass is 380 g/mol. The van der Waals surface area contributed by atoms with E-state index in [0.29, 0.717) is 25.4 Å². The van der Waals surface area contributed by atoms with Gasteiger partial charge in [0.15, 0.2) is 0 Å². The molecule has 2 bridgehead atoms. The molecule has 0 amide bonds. The number of fused-ring (bicyclic) bond motifs is 1. The van der Waals surface area contributed by atoms with Crippen LogP contribution in [0.4, 0.5) is 0 Å². The van der Waals surface area contributed by atoms with Gasteiger partial charge in [0.25, 0.3) is 0 Å². The highest BCUT2D eigenvalue weighted by atomic mass is 16.6. The molecule has 0 spiro atoms. The summed E-state index contributed by atoms with van der Waals surface area (Å²) in [6.07, 6.45) is 2.17. The first-order valence-electron chi connectivity index (χ1n) is 10.3. The highest BCUT2D eigenvalue weighted by Gasteiger charge is 2.70. The van der Waals surface area contributed by atoms with Crippen molar-refractivity contribution >= 4 is 17.9 Å². The SMILES string of the molecule is CCCCOC(=O)C1C2CC3C(OC(=O)C31)C2OC(=O)C(C)(C)CC(C)C. The van der Waals surface area contributed by atoms with Gasteiger partial charge >= 0.3 is 17.9 Å². The molecule has 0 aromatic heterocycles. The van der Waals surface area contributed by atoms with E-state index in [4.69, 9.17) is 14.2 Å². The van der Waals surface area contributed by atoms with Crippen molar-refractivity contribution in [3.63, 3.8) is 0 Å². The normalized spacial score (nSPS) is 34.1. The molecule has 1 aliphatic heterocycles. The van der Waals surface area contributed by atoms with Gasteiger partial charge in [0.1, 0.15) is 12.2 Å². The Kier molecular flexibility index (Phi) is 5.55.